The number of rotatable bonds is 14. The Labute approximate surface area is 525 Å². The first kappa shape index (κ1) is 79.6. The van der Waals surface area contributed by atoms with Gasteiger partial charge in [0.25, 0.3) is 5.97 Å². The van der Waals surface area contributed by atoms with Gasteiger partial charge in [0.1, 0.15) is 40.9 Å². The molecular formula is C61H65N7O25. The van der Waals surface area contributed by atoms with Crippen molar-refractivity contribution in [3.8, 4) is 23.1 Å². The summed E-state index contributed by atoms with van der Waals surface area (Å²) in [5.41, 5.74) is 4.85. The maximum Gasteiger partial charge on any atom is 0.337 e. The van der Waals surface area contributed by atoms with E-state index in [9.17, 15) is 43.2 Å². The van der Waals surface area contributed by atoms with E-state index < -0.39 is 53.7 Å². The van der Waals surface area contributed by atoms with Gasteiger partial charge in [-0.2, -0.15) is 0 Å². The molecule has 32 heteroatoms. The van der Waals surface area contributed by atoms with Crippen molar-refractivity contribution in [3.05, 3.63) is 215 Å². The molecule has 93 heavy (non-hydrogen) atoms. The topological polar surface area (TPSA) is 565 Å². The van der Waals surface area contributed by atoms with Crippen LogP contribution in [0.4, 0.5) is 0 Å². The number of hydrogen-bond donors (Lipinski definition) is 18. The zero-order valence-electron chi connectivity index (χ0n) is 50.1. The Kier molecular flexibility index (Phi) is 36.3. The fraction of sp³-hybridized carbons (Fsp3) is 0.115. The molecule has 8 aromatic rings. The lowest BCUT2D eigenvalue weighted by molar-refractivity contribution is -0.135. The van der Waals surface area contributed by atoms with Gasteiger partial charge in [0, 0.05) is 104 Å². The molecule has 0 fully saturated rings. The van der Waals surface area contributed by atoms with Gasteiger partial charge in [-0.15, -0.1) is 0 Å². The molecule has 0 radical (unpaired) electrons. The number of aliphatic carboxylic acids is 7. The number of carboxylic acid groups (broad SMARTS) is 9. The molecule has 8 rings (SSSR count). The summed E-state index contributed by atoms with van der Waals surface area (Å²) < 4.78 is 9.81. The van der Waals surface area contributed by atoms with Gasteiger partial charge in [-0.1, -0.05) is 0 Å². The van der Waals surface area contributed by atoms with E-state index in [1.807, 2.05) is 12.1 Å². The van der Waals surface area contributed by atoms with Crippen LogP contribution < -0.4 is 5.56 Å². The van der Waals surface area contributed by atoms with Gasteiger partial charge in [0.05, 0.1) is 23.6 Å². The van der Waals surface area contributed by atoms with Crippen molar-refractivity contribution in [3.63, 3.8) is 0 Å². The minimum atomic E-state index is -1.05. The van der Waals surface area contributed by atoms with Gasteiger partial charge < -0.3 is 100 Å². The molecule has 7 heterocycles. The quantitative estimate of drug-likeness (QED) is 0.0452. The highest BCUT2D eigenvalue weighted by Gasteiger charge is 2.07. The Morgan fingerprint density at radius 2 is 0.914 bits per heavy atom. The number of aromatic carboxylic acids is 2. The smallest absolute Gasteiger partial charge is 0.337 e. The number of allylic oxidation sites excluding steroid dienone is 6. The van der Waals surface area contributed by atoms with Crippen molar-refractivity contribution in [1.29, 1.82) is 0 Å². The lowest BCUT2D eigenvalue weighted by Gasteiger charge is -1.93. The number of furan rings is 2. The lowest BCUT2D eigenvalue weighted by Crippen LogP contribution is -2.05. The molecule has 494 valence electrons. The van der Waals surface area contributed by atoms with E-state index in [4.69, 9.17) is 80.0 Å². The third-order valence-electron chi connectivity index (χ3n) is 9.99. The maximum absolute atomic E-state index is 10.4. The van der Waals surface area contributed by atoms with Crippen LogP contribution in [0.5, 0.6) is 23.1 Å². The summed E-state index contributed by atoms with van der Waals surface area (Å²) in [6.07, 6.45) is 17.9. The van der Waals surface area contributed by atoms with Crippen LogP contribution in [0, 0.1) is 0 Å². The molecule has 0 bridgehead atoms. The largest absolute Gasteiger partial charge is 0.508 e. The number of aromatic nitrogens is 7. The van der Waals surface area contributed by atoms with Crippen molar-refractivity contribution >= 4 is 87.2 Å². The number of H-pyrrole nitrogens is 5. The number of phenols is 1. The third-order valence-corrected chi connectivity index (χ3v) is 9.99. The van der Waals surface area contributed by atoms with Crippen LogP contribution in [-0.4, -0.2) is 155 Å². The van der Waals surface area contributed by atoms with Gasteiger partial charge in [-0.25, -0.2) is 48.3 Å². The summed E-state index contributed by atoms with van der Waals surface area (Å²) in [6.45, 7) is 11.0. The lowest BCUT2D eigenvalue weighted by atomic mass is 10.2. The second-order valence-corrected chi connectivity index (χ2v) is 17.7. The van der Waals surface area contributed by atoms with Crippen molar-refractivity contribution in [2.24, 2.45) is 0 Å². The summed E-state index contributed by atoms with van der Waals surface area (Å²) in [5, 5.41) is 110. The molecular weight excluding hydrogens is 1230 g/mol. The second-order valence-electron chi connectivity index (χ2n) is 17.7. The number of aromatic hydroxyl groups is 4. The van der Waals surface area contributed by atoms with Gasteiger partial charge in [-0.05, 0) is 130 Å². The van der Waals surface area contributed by atoms with Crippen LogP contribution in [0.3, 0.4) is 0 Å². The molecule has 0 atom stereocenters. The molecule has 0 aliphatic heterocycles. The number of aromatic amines is 5. The van der Waals surface area contributed by atoms with Gasteiger partial charge in [-0.3, -0.25) is 9.59 Å². The molecule has 0 amide bonds. The predicted molar refractivity (Wildman–Crippen MR) is 331 cm³/mol. The highest BCUT2D eigenvalue weighted by Crippen LogP contribution is 2.21. The van der Waals surface area contributed by atoms with E-state index in [1.165, 1.54) is 73.3 Å². The summed E-state index contributed by atoms with van der Waals surface area (Å²) in [5.74, 6) is -6.80. The minimum Gasteiger partial charge on any atom is -0.508 e. The number of phenolic OH excluding ortho intramolecular Hbond substituents is 1. The monoisotopic (exact) mass is 1300 g/mol. The first-order chi connectivity index (χ1) is 43.5. The summed E-state index contributed by atoms with van der Waals surface area (Å²) in [4.78, 5) is 122. The second kappa shape index (κ2) is 42.4. The Bertz CT molecular complexity index is 3620. The summed E-state index contributed by atoms with van der Waals surface area (Å²) in [7, 11) is 0. The fourth-order valence-corrected chi connectivity index (χ4v) is 5.91. The van der Waals surface area contributed by atoms with Crippen LogP contribution >= 0.6 is 0 Å². The zero-order chi connectivity index (χ0) is 70.9. The molecule has 7 aromatic heterocycles. The van der Waals surface area contributed by atoms with Gasteiger partial charge in [0.15, 0.2) is 5.75 Å². The van der Waals surface area contributed by atoms with Crippen LogP contribution in [-0.2, 0) is 33.6 Å². The van der Waals surface area contributed by atoms with Gasteiger partial charge >= 0.3 is 47.8 Å². The molecule has 1 aromatic carbocycles. The molecule has 0 saturated heterocycles. The van der Waals surface area contributed by atoms with Crippen molar-refractivity contribution in [2.45, 2.75) is 48.5 Å². The fourth-order valence-electron chi connectivity index (χ4n) is 5.91. The van der Waals surface area contributed by atoms with Crippen molar-refractivity contribution < 1.29 is 118 Å². The number of hydrogen-bond acceptors (Lipinski definition) is 18. The first-order valence-corrected chi connectivity index (χ1v) is 25.7. The molecule has 0 saturated carbocycles. The number of nitrogens with zero attached hydrogens (tertiary/aromatic N) is 2. The highest BCUT2D eigenvalue weighted by atomic mass is 16.4. The molecule has 18 N–H and O–H groups in total. The SMILES string of the molecule is C/C(=C\C(=O)O)c1cc(O)c[nH]1.C/C(=C\C(=O)O)c1cc(O)co1.C/C(=C\C(=O)O)c1ccc[nH]1.C/C(=C\C(=O)O)c1ccco1.C/C(=C\C(=O)O)c1ncc(O)[nH]1.C/C(=C\C(=O)O)c1ncc[nH]1.CC(=O)O.O=C(O)c1ccc(=O)[nH]c1.O=C(O)c1ccc(O)cc1. The van der Waals surface area contributed by atoms with E-state index in [1.54, 1.807) is 72.3 Å². The average molecular weight is 1300 g/mol. The van der Waals surface area contributed by atoms with Crippen molar-refractivity contribution in [1.82, 2.24) is 34.9 Å². The molecule has 0 aliphatic carbocycles. The molecule has 0 spiro atoms. The highest BCUT2D eigenvalue weighted by molar-refractivity contribution is 5.92. The van der Waals surface area contributed by atoms with Crippen molar-refractivity contribution in [2.75, 3.05) is 0 Å². The maximum atomic E-state index is 10.4. The van der Waals surface area contributed by atoms with Crippen LogP contribution in [0.25, 0.3) is 33.4 Å². The van der Waals surface area contributed by atoms with E-state index in [0.717, 1.165) is 61.0 Å². The number of pyridine rings is 1. The third kappa shape index (κ3) is 37.7. The predicted octanol–water partition coefficient (Wildman–Crippen LogP) is 8.71. The Hall–Kier alpha value is -13.4. The molecule has 0 aliphatic rings. The van der Waals surface area contributed by atoms with Crippen LogP contribution in [0.2, 0.25) is 0 Å². The number of carbonyl (C=O) groups is 9. The molecule has 0 unspecified atom stereocenters. The van der Waals surface area contributed by atoms with E-state index >= 15 is 0 Å². The summed E-state index contributed by atoms with van der Waals surface area (Å²) in [6, 6.07) is 17.7. The Balaban J connectivity index is 0.00000103. The minimum absolute atomic E-state index is 0.0110. The summed E-state index contributed by atoms with van der Waals surface area (Å²) >= 11 is 0. The number of nitrogens with one attached hydrogen (secondary N) is 5. The van der Waals surface area contributed by atoms with Gasteiger partial charge in [0.2, 0.25) is 11.4 Å². The number of imidazole rings is 2. The zero-order valence-corrected chi connectivity index (χ0v) is 50.1. The number of benzene rings is 1. The Morgan fingerprint density at radius 3 is 1.29 bits per heavy atom. The average Bonchev–Trinajstić information content (AvgIpc) is 3.09. The van der Waals surface area contributed by atoms with Crippen LogP contribution in [0.1, 0.15) is 104 Å². The Morgan fingerprint density at radius 1 is 0.430 bits per heavy atom. The number of carboxylic acids is 9. The van der Waals surface area contributed by atoms with Crippen LogP contribution in [0.15, 0.2) is 173 Å². The van der Waals surface area contributed by atoms with E-state index in [0.29, 0.717) is 56.7 Å². The van der Waals surface area contributed by atoms with E-state index in [-0.39, 0.29) is 39.8 Å². The first-order valence-electron chi connectivity index (χ1n) is 25.7. The normalized spacial score (nSPS) is 10.8. The molecule has 32 nitrogen and oxygen atoms in total. The van der Waals surface area contributed by atoms with E-state index in [2.05, 4.69) is 34.9 Å². The standard InChI is InChI=1S/C8H9NO3.C8H9NO2.C8H8O4.C8H8O3.C7H8N2O3.C7H8N2O2.C7H6O3.C6H5NO3.C2H4O2/c1-5(2-8(11)12)7-3-6(10)4-9-7;1-6(5-8(10)11)7-3-2-4-9-7;1-5(2-8(10)11)7-3-6(9)4-12-7;1-6(5-8(9)10)7-3-2-4-11-7;1-4(2-6(11)12)7-8-3-5(10)9-7;1-5(4-6(10)11)7-8-2-3-9-7;8-6-3-1-5(2-4-6)7(9)10;8-5-2-1-4(3-7-5)6(9)10;1-2(3)4/h2-4,9-10H,1H3,(H,11,12);2-5,9H,1H3,(H,10,11);2-4,9H,1H3,(H,10,11);2-5H,1H3,(H,9,10);2-3,10H,1H3,(H,8,9)(H,11,12);2-4H,1H3,(H,8,9)(H,10,11);1-4,8H,(H,9,10);1-3H,(H,7,8)(H,9,10);1H3,(H,3,4)/b5-2+;6-5+;5-2+;6-5+;4-2+;5-4+;;;.